The van der Waals surface area contributed by atoms with Gasteiger partial charge in [-0.2, -0.15) is 5.26 Å². The number of halogens is 1. The van der Waals surface area contributed by atoms with E-state index < -0.39 is 5.82 Å². The molecule has 1 aliphatic carbocycles. The molecule has 3 nitrogen and oxygen atoms in total. The fraction of sp³-hybridized carbons (Fsp3) is 0.529. The third-order valence-corrected chi connectivity index (χ3v) is 4.19. The quantitative estimate of drug-likeness (QED) is 0.900. The first kappa shape index (κ1) is 15.5. The van der Waals surface area contributed by atoms with Gasteiger partial charge in [0, 0.05) is 11.1 Å². The first-order valence-electron chi connectivity index (χ1n) is 7.48. The van der Waals surface area contributed by atoms with Gasteiger partial charge in [-0.1, -0.05) is 26.7 Å². The predicted molar refractivity (Wildman–Crippen MR) is 80.1 cm³/mol. The Morgan fingerprint density at radius 3 is 2.67 bits per heavy atom. The largest absolute Gasteiger partial charge is 0.326 e. The molecule has 0 bridgehead atoms. The number of nitrogens with zero attached hydrogens (tertiary/aromatic N) is 1. The summed E-state index contributed by atoms with van der Waals surface area (Å²) in [6.45, 7) is 4.25. The van der Waals surface area contributed by atoms with Gasteiger partial charge >= 0.3 is 0 Å². The van der Waals surface area contributed by atoms with Crippen molar-refractivity contribution >= 4 is 11.6 Å². The highest BCUT2D eigenvalue weighted by atomic mass is 19.1. The first-order chi connectivity index (χ1) is 9.97. The van der Waals surface area contributed by atoms with Gasteiger partial charge in [0.2, 0.25) is 5.91 Å². The zero-order valence-corrected chi connectivity index (χ0v) is 12.6. The predicted octanol–water partition coefficient (Wildman–Crippen LogP) is 4.24. The Kier molecular flexibility index (Phi) is 4.62. The van der Waals surface area contributed by atoms with E-state index >= 15 is 0 Å². The molecule has 21 heavy (non-hydrogen) atoms. The summed E-state index contributed by atoms with van der Waals surface area (Å²) in [7, 11) is 0. The van der Waals surface area contributed by atoms with Crippen molar-refractivity contribution in [1.82, 2.24) is 0 Å². The Morgan fingerprint density at radius 2 is 2.10 bits per heavy atom. The van der Waals surface area contributed by atoms with Crippen LogP contribution >= 0.6 is 0 Å². The molecular weight excluding hydrogens is 267 g/mol. The highest BCUT2D eigenvalue weighted by molar-refractivity contribution is 5.95. The maximum absolute atomic E-state index is 13.3. The van der Waals surface area contributed by atoms with E-state index in [1.54, 1.807) is 6.07 Å². The molecule has 2 rings (SSSR count). The van der Waals surface area contributed by atoms with E-state index in [2.05, 4.69) is 19.2 Å². The van der Waals surface area contributed by atoms with E-state index in [1.807, 2.05) is 0 Å². The van der Waals surface area contributed by atoms with Crippen LogP contribution in [0.5, 0.6) is 0 Å². The van der Waals surface area contributed by atoms with Gasteiger partial charge in [0.15, 0.2) is 0 Å². The second-order valence-corrected chi connectivity index (χ2v) is 6.35. The van der Waals surface area contributed by atoms with Gasteiger partial charge < -0.3 is 5.32 Å². The lowest BCUT2D eigenvalue weighted by atomic mass is 9.77. The van der Waals surface area contributed by atoms with Crippen LogP contribution in [-0.2, 0) is 4.79 Å². The number of benzene rings is 1. The molecule has 0 heterocycles. The monoisotopic (exact) mass is 288 g/mol. The molecule has 0 saturated heterocycles. The van der Waals surface area contributed by atoms with Crippen molar-refractivity contribution in [2.24, 2.45) is 11.3 Å². The number of hydrogen-bond donors (Lipinski definition) is 1. The third-order valence-electron chi connectivity index (χ3n) is 4.19. The Labute approximate surface area is 125 Å². The van der Waals surface area contributed by atoms with Crippen LogP contribution in [0.25, 0.3) is 0 Å². The number of hydrogen-bond acceptors (Lipinski definition) is 2. The second-order valence-electron chi connectivity index (χ2n) is 6.35. The minimum Gasteiger partial charge on any atom is -0.326 e. The molecule has 1 saturated carbocycles. The third kappa shape index (κ3) is 3.41. The van der Waals surface area contributed by atoms with Crippen molar-refractivity contribution in [2.45, 2.75) is 46.0 Å². The Hall–Kier alpha value is -1.89. The molecule has 0 radical (unpaired) electrons. The number of carbonyl (C=O) groups excluding carboxylic acids is 1. The summed E-state index contributed by atoms with van der Waals surface area (Å²) in [5, 5.41) is 11.7. The molecule has 0 unspecified atom stereocenters. The van der Waals surface area contributed by atoms with E-state index in [1.165, 1.54) is 18.2 Å². The number of rotatable bonds is 4. The van der Waals surface area contributed by atoms with Crippen LogP contribution in [-0.4, -0.2) is 5.91 Å². The van der Waals surface area contributed by atoms with Crippen molar-refractivity contribution < 1.29 is 9.18 Å². The minimum absolute atomic E-state index is 0.00389. The Morgan fingerprint density at radius 1 is 1.43 bits per heavy atom. The Bertz CT molecular complexity index is 569. The summed E-state index contributed by atoms with van der Waals surface area (Å²) in [5.41, 5.74) is 0.139. The molecule has 1 fully saturated rings. The molecule has 1 aromatic carbocycles. The SMILES string of the molecule is CC(C)CC1(C(=O)Nc2ccc(F)c(C#N)c2)CCCC1. The molecule has 0 atom stereocenters. The number of amides is 1. The number of anilines is 1. The van der Waals surface area contributed by atoms with Gasteiger partial charge in [-0.3, -0.25) is 4.79 Å². The standard InChI is InChI=1S/C17H21FN2O/c1-12(2)10-17(7-3-4-8-17)16(21)20-14-5-6-15(18)13(9-14)11-19/h5-6,9,12H,3-4,7-8,10H2,1-2H3,(H,20,21). The molecule has 4 heteroatoms. The van der Waals surface area contributed by atoms with Crippen molar-refractivity contribution in [1.29, 1.82) is 5.26 Å². The zero-order valence-electron chi connectivity index (χ0n) is 12.6. The van der Waals surface area contributed by atoms with Gasteiger partial charge in [0.05, 0.1) is 5.56 Å². The van der Waals surface area contributed by atoms with E-state index in [4.69, 9.17) is 5.26 Å². The molecule has 112 valence electrons. The van der Waals surface area contributed by atoms with Gasteiger partial charge in [0.25, 0.3) is 0 Å². The molecule has 1 N–H and O–H groups in total. The summed E-state index contributed by atoms with van der Waals surface area (Å²) in [5.74, 6) is -0.103. The molecule has 0 aliphatic heterocycles. The number of nitrogens with one attached hydrogen (secondary N) is 1. The summed E-state index contributed by atoms with van der Waals surface area (Å²) < 4.78 is 13.3. The fourth-order valence-corrected chi connectivity index (χ4v) is 3.31. The summed E-state index contributed by atoms with van der Waals surface area (Å²) in [6, 6.07) is 5.91. The fourth-order valence-electron chi connectivity index (χ4n) is 3.31. The topological polar surface area (TPSA) is 52.9 Å². The van der Waals surface area contributed by atoms with Crippen molar-refractivity contribution in [3.8, 4) is 6.07 Å². The molecular formula is C17H21FN2O. The maximum atomic E-state index is 13.3. The van der Waals surface area contributed by atoms with E-state index in [-0.39, 0.29) is 16.9 Å². The van der Waals surface area contributed by atoms with Crippen LogP contribution < -0.4 is 5.32 Å². The average molecular weight is 288 g/mol. The molecule has 1 aromatic rings. The van der Waals surface area contributed by atoms with Crippen LogP contribution in [0.2, 0.25) is 0 Å². The second kappa shape index (κ2) is 6.26. The van der Waals surface area contributed by atoms with E-state index in [0.29, 0.717) is 11.6 Å². The maximum Gasteiger partial charge on any atom is 0.230 e. The number of nitriles is 1. The van der Waals surface area contributed by atoms with Crippen molar-refractivity contribution in [2.75, 3.05) is 5.32 Å². The van der Waals surface area contributed by atoms with Crippen LogP contribution in [0.3, 0.4) is 0 Å². The van der Waals surface area contributed by atoms with Gasteiger partial charge in [-0.25, -0.2) is 4.39 Å². The van der Waals surface area contributed by atoms with Crippen LogP contribution in [0, 0.1) is 28.5 Å². The summed E-state index contributed by atoms with van der Waals surface area (Å²) >= 11 is 0. The molecule has 0 spiro atoms. The summed E-state index contributed by atoms with van der Waals surface area (Å²) in [6.07, 6.45) is 4.83. The average Bonchev–Trinajstić information content (AvgIpc) is 2.89. The van der Waals surface area contributed by atoms with E-state index in [0.717, 1.165) is 32.1 Å². The van der Waals surface area contributed by atoms with Gasteiger partial charge in [-0.15, -0.1) is 0 Å². The minimum atomic E-state index is -0.562. The van der Waals surface area contributed by atoms with Crippen molar-refractivity contribution in [3.63, 3.8) is 0 Å². The van der Waals surface area contributed by atoms with Crippen molar-refractivity contribution in [3.05, 3.63) is 29.6 Å². The molecule has 1 aliphatic rings. The highest BCUT2D eigenvalue weighted by Crippen LogP contribution is 2.44. The van der Waals surface area contributed by atoms with Gasteiger partial charge in [-0.05, 0) is 43.4 Å². The van der Waals surface area contributed by atoms with E-state index in [9.17, 15) is 9.18 Å². The first-order valence-corrected chi connectivity index (χ1v) is 7.48. The van der Waals surface area contributed by atoms with Crippen LogP contribution in [0.1, 0.15) is 51.5 Å². The summed E-state index contributed by atoms with van der Waals surface area (Å²) in [4.78, 5) is 12.7. The zero-order chi connectivity index (χ0) is 15.5. The smallest absolute Gasteiger partial charge is 0.230 e. The lowest BCUT2D eigenvalue weighted by Gasteiger charge is -2.29. The Balaban J connectivity index is 2.18. The number of carbonyl (C=O) groups is 1. The van der Waals surface area contributed by atoms with Crippen LogP contribution in [0.15, 0.2) is 18.2 Å². The molecule has 1 amide bonds. The lowest BCUT2D eigenvalue weighted by Crippen LogP contribution is -2.35. The lowest BCUT2D eigenvalue weighted by molar-refractivity contribution is -0.126. The van der Waals surface area contributed by atoms with Crippen LogP contribution in [0.4, 0.5) is 10.1 Å². The molecule has 0 aromatic heterocycles. The van der Waals surface area contributed by atoms with Gasteiger partial charge in [0.1, 0.15) is 11.9 Å². The normalized spacial score (nSPS) is 16.7. The highest BCUT2D eigenvalue weighted by Gasteiger charge is 2.41.